The first-order valence-corrected chi connectivity index (χ1v) is 9.04. The van der Waals surface area contributed by atoms with Crippen LogP contribution in [0.15, 0.2) is 39.2 Å². The van der Waals surface area contributed by atoms with Crippen molar-refractivity contribution in [1.29, 1.82) is 0 Å². The predicted octanol–water partition coefficient (Wildman–Crippen LogP) is 3.42. The van der Waals surface area contributed by atoms with E-state index < -0.39 is 0 Å². The number of furan rings is 1. The lowest BCUT2D eigenvalue weighted by Gasteiger charge is -2.17. The minimum Gasteiger partial charge on any atom is -0.497 e. The molecule has 2 heterocycles. The lowest BCUT2D eigenvalue weighted by Crippen LogP contribution is -2.32. The van der Waals surface area contributed by atoms with Crippen LogP contribution in [0.3, 0.4) is 0 Å². The van der Waals surface area contributed by atoms with E-state index in [1.54, 1.807) is 13.2 Å². The number of anilines is 1. The maximum atomic E-state index is 12.4. The summed E-state index contributed by atoms with van der Waals surface area (Å²) in [6.07, 6.45) is 0. The Morgan fingerprint density at radius 2 is 2.04 bits per heavy atom. The molecule has 3 aromatic rings. The molecule has 2 aromatic heterocycles. The summed E-state index contributed by atoms with van der Waals surface area (Å²) in [6.45, 7) is 6.94. The van der Waals surface area contributed by atoms with Crippen LogP contribution < -0.4 is 10.1 Å². The number of hydrogen-bond donors (Lipinski definition) is 1. The normalized spacial score (nSPS) is 11.0. The summed E-state index contributed by atoms with van der Waals surface area (Å²) in [5.41, 5.74) is 1.47. The topological polar surface area (TPSA) is 93.6 Å². The van der Waals surface area contributed by atoms with Crippen LogP contribution >= 0.6 is 0 Å². The molecule has 8 heteroatoms. The lowest BCUT2D eigenvalue weighted by atomic mass is 10.2. The number of amides is 1. The zero-order chi connectivity index (χ0) is 20.1. The molecule has 0 unspecified atom stereocenters. The SMILES string of the molecule is CCN(CC(=O)Nc1cccc(OC)c1)Cc1nnc(-c2cc(C)oc2C)o1. The fourth-order valence-corrected chi connectivity index (χ4v) is 2.84. The third-order valence-corrected chi connectivity index (χ3v) is 4.27. The average Bonchev–Trinajstić information content (AvgIpc) is 3.26. The van der Waals surface area contributed by atoms with Crippen LogP contribution in [0.25, 0.3) is 11.5 Å². The van der Waals surface area contributed by atoms with Gasteiger partial charge >= 0.3 is 0 Å². The molecular weight excluding hydrogens is 360 g/mol. The predicted molar refractivity (Wildman–Crippen MR) is 104 cm³/mol. The summed E-state index contributed by atoms with van der Waals surface area (Å²) in [6, 6.07) is 9.10. The van der Waals surface area contributed by atoms with Crippen LogP contribution in [-0.2, 0) is 11.3 Å². The van der Waals surface area contributed by atoms with Crippen LogP contribution in [-0.4, -0.2) is 41.2 Å². The molecule has 0 saturated heterocycles. The Hall–Kier alpha value is -3.13. The minimum absolute atomic E-state index is 0.129. The number of ether oxygens (including phenoxy) is 1. The molecule has 148 valence electrons. The Bertz CT molecular complexity index is 947. The van der Waals surface area contributed by atoms with Gasteiger partial charge in [-0.1, -0.05) is 13.0 Å². The zero-order valence-electron chi connectivity index (χ0n) is 16.5. The largest absolute Gasteiger partial charge is 0.497 e. The molecule has 0 aliphatic carbocycles. The van der Waals surface area contributed by atoms with Crippen molar-refractivity contribution in [2.24, 2.45) is 0 Å². The van der Waals surface area contributed by atoms with Crippen LogP contribution in [0.2, 0.25) is 0 Å². The number of benzene rings is 1. The first-order chi connectivity index (χ1) is 13.5. The number of aromatic nitrogens is 2. The van der Waals surface area contributed by atoms with E-state index in [4.69, 9.17) is 13.6 Å². The van der Waals surface area contributed by atoms with Gasteiger partial charge in [-0.25, -0.2) is 0 Å². The molecule has 0 aliphatic heterocycles. The molecule has 0 radical (unpaired) electrons. The third-order valence-electron chi connectivity index (χ3n) is 4.27. The number of carbonyl (C=O) groups is 1. The number of nitrogens with zero attached hydrogens (tertiary/aromatic N) is 3. The average molecular weight is 384 g/mol. The van der Waals surface area contributed by atoms with Crippen molar-refractivity contribution in [1.82, 2.24) is 15.1 Å². The summed E-state index contributed by atoms with van der Waals surface area (Å²) in [5.74, 6) is 2.95. The van der Waals surface area contributed by atoms with E-state index >= 15 is 0 Å². The highest BCUT2D eigenvalue weighted by Gasteiger charge is 2.17. The van der Waals surface area contributed by atoms with Crippen LogP contribution in [0.5, 0.6) is 5.75 Å². The monoisotopic (exact) mass is 384 g/mol. The number of rotatable bonds is 8. The molecular formula is C20H24N4O4. The second kappa shape index (κ2) is 8.71. The number of aryl methyl sites for hydroxylation is 2. The Labute approximate surface area is 163 Å². The van der Waals surface area contributed by atoms with E-state index in [2.05, 4.69) is 15.5 Å². The van der Waals surface area contributed by atoms with Crippen molar-refractivity contribution < 1.29 is 18.4 Å². The van der Waals surface area contributed by atoms with E-state index in [9.17, 15) is 4.79 Å². The van der Waals surface area contributed by atoms with Crippen LogP contribution in [0, 0.1) is 13.8 Å². The highest BCUT2D eigenvalue weighted by atomic mass is 16.5. The van der Waals surface area contributed by atoms with Crippen molar-refractivity contribution in [2.45, 2.75) is 27.3 Å². The van der Waals surface area contributed by atoms with Crippen molar-refractivity contribution in [3.05, 3.63) is 47.7 Å². The number of methoxy groups -OCH3 is 1. The molecule has 0 aliphatic rings. The van der Waals surface area contributed by atoms with E-state index in [0.717, 1.165) is 17.1 Å². The van der Waals surface area contributed by atoms with Crippen molar-refractivity contribution in [3.8, 4) is 17.2 Å². The van der Waals surface area contributed by atoms with Gasteiger partial charge in [0.2, 0.25) is 11.8 Å². The number of likely N-dealkylation sites (N-methyl/N-ethyl adjacent to an activating group) is 1. The van der Waals surface area contributed by atoms with Gasteiger partial charge < -0.3 is 18.9 Å². The number of carbonyl (C=O) groups excluding carboxylic acids is 1. The van der Waals surface area contributed by atoms with E-state index in [1.165, 1.54) is 0 Å². The molecule has 28 heavy (non-hydrogen) atoms. The molecule has 3 rings (SSSR count). The quantitative estimate of drug-likeness (QED) is 0.636. The van der Waals surface area contributed by atoms with Gasteiger partial charge in [-0.15, -0.1) is 10.2 Å². The number of nitrogens with one attached hydrogen (secondary N) is 1. The molecule has 0 atom stereocenters. The summed E-state index contributed by atoms with van der Waals surface area (Å²) >= 11 is 0. The standard InChI is InChI=1S/C20H24N4O4/c1-5-24(11-18(25)21-15-7-6-8-16(10-15)26-4)12-19-22-23-20(28-19)17-9-13(2)27-14(17)3/h6-10H,5,11-12H2,1-4H3,(H,21,25). The first kappa shape index (κ1) is 19.6. The zero-order valence-corrected chi connectivity index (χ0v) is 16.5. The molecule has 0 saturated carbocycles. The fourth-order valence-electron chi connectivity index (χ4n) is 2.84. The van der Waals surface area contributed by atoms with Gasteiger partial charge in [-0.3, -0.25) is 9.69 Å². The molecule has 1 amide bonds. The molecule has 0 spiro atoms. The van der Waals surface area contributed by atoms with E-state index in [0.29, 0.717) is 36.3 Å². The van der Waals surface area contributed by atoms with Crippen LogP contribution in [0.4, 0.5) is 5.69 Å². The van der Waals surface area contributed by atoms with E-state index in [-0.39, 0.29) is 12.5 Å². The summed E-state index contributed by atoms with van der Waals surface area (Å²) < 4.78 is 16.4. The number of hydrogen-bond acceptors (Lipinski definition) is 7. The van der Waals surface area contributed by atoms with Crippen molar-refractivity contribution >= 4 is 11.6 Å². The van der Waals surface area contributed by atoms with Crippen molar-refractivity contribution in [3.63, 3.8) is 0 Å². The molecule has 1 N–H and O–H groups in total. The first-order valence-electron chi connectivity index (χ1n) is 9.04. The van der Waals surface area contributed by atoms with Gasteiger partial charge in [-0.2, -0.15) is 0 Å². The molecule has 1 aromatic carbocycles. The fraction of sp³-hybridized carbons (Fsp3) is 0.350. The minimum atomic E-state index is -0.129. The van der Waals surface area contributed by atoms with Gasteiger partial charge in [0.15, 0.2) is 0 Å². The smallest absolute Gasteiger partial charge is 0.251 e. The Kier molecular flexibility index (Phi) is 6.10. The highest BCUT2D eigenvalue weighted by molar-refractivity contribution is 5.92. The molecule has 0 fully saturated rings. The maximum Gasteiger partial charge on any atom is 0.251 e. The van der Waals surface area contributed by atoms with Gasteiger partial charge in [0.25, 0.3) is 5.89 Å². The van der Waals surface area contributed by atoms with Gasteiger partial charge in [0, 0.05) is 11.8 Å². The van der Waals surface area contributed by atoms with Gasteiger partial charge in [0.05, 0.1) is 25.8 Å². The van der Waals surface area contributed by atoms with Gasteiger partial charge in [-0.05, 0) is 38.6 Å². The summed E-state index contributed by atoms with van der Waals surface area (Å²) in [4.78, 5) is 14.3. The second-order valence-corrected chi connectivity index (χ2v) is 6.41. The second-order valence-electron chi connectivity index (χ2n) is 6.41. The highest BCUT2D eigenvalue weighted by Crippen LogP contribution is 2.25. The van der Waals surface area contributed by atoms with Gasteiger partial charge in [0.1, 0.15) is 17.3 Å². The third kappa shape index (κ3) is 4.77. The Morgan fingerprint density at radius 3 is 2.71 bits per heavy atom. The lowest BCUT2D eigenvalue weighted by molar-refractivity contribution is -0.117. The van der Waals surface area contributed by atoms with E-state index in [1.807, 2.05) is 49.9 Å². The molecule has 8 nitrogen and oxygen atoms in total. The summed E-state index contributed by atoms with van der Waals surface area (Å²) in [7, 11) is 1.59. The Balaban J connectivity index is 1.61. The summed E-state index contributed by atoms with van der Waals surface area (Å²) in [5, 5.41) is 11.1. The Morgan fingerprint density at radius 1 is 1.21 bits per heavy atom. The van der Waals surface area contributed by atoms with Crippen molar-refractivity contribution in [2.75, 3.05) is 25.5 Å². The maximum absolute atomic E-state index is 12.4. The van der Waals surface area contributed by atoms with Crippen LogP contribution in [0.1, 0.15) is 24.3 Å². The molecule has 0 bridgehead atoms.